The van der Waals surface area contributed by atoms with Gasteiger partial charge in [0.25, 0.3) is 0 Å². The molecule has 0 aromatic rings. The van der Waals surface area contributed by atoms with Crippen LogP contribution in [0.1, 0.15) is 72.1 Å². The van der Waals surface area contributed by atoms with E-state index >= 15 is 0 Å². The molecule has 3 saturated carbocycles. The van der Waals surface area contributed by atoms with Crippen LogP contribution in [0.3, 0.4) is 0 Å². The van der Waals surface area contributed by atoms with Crippen LogP contribution in [0.2, 0.25) is 0 Å². The second kappa shape index (κ2) is 7.71. The lowest BCUT2D eigenvalue weighted by molar-refractivity contribution is -0.168. The molecule has 2 bridgehead atoms. The van der Waals surface area contributed by atoms with Crippen LogP contribution in [0.5, 0.6) is 0 Å². The standard InChI is InChI=1S/C20H32O4/c1-5-6-19-7-10-20(11-8-19,12-9-19)18(22)24-14-16(4)13-23-17(21)15(2)3/h16H,2,5-14H2,1,3-4H3/t16-,19?,20?/m0/s1. The van der Waals surface area contributed by atoms with Crippen molar-refractivity contribution >= 4 is 11.9 Å². The van der Waals surface area contributed by atoms with Gasteiger partial charge in [-0.05, 0) is 57.3 Å². The molecule has 0 unspecified atom stereocenters. The maximum absolute atomic E-state index is 12.6. The minimum atomic E-state index is -0.390. The molecule has 1 atom stereocenters. The van der Waals surface area contributed by atoms with Gasteiger partial charge in [-0.1, -0.05) is 26.8 Å². The van der Waals surface area contributed by atoms with Crippen LogP contribution in [0, 0.1) is 16.7 Å². The molecule has 0 radical (unpaired) electrons. The predicted octanol–water partition coefficient (Wildman–Crippen LogP) is 4.43. The first-order chi connectivity index (χ1) is 11.3. The highest BCUT2D eigenvalue weighted by atomic mass is 16.5. The van der Waals surface area contributed by atoms with E-state index in [4.69, 9.17) is 9.47 Å². The molecule has 3 aliphatic rings. The summed E-state index contributed by atoms with van der Waals surface area (Å²) in [4.78, 5) is 24.0. The molecule has 3 rings (SSSR count). The Bertz CT molecular complexity index is 469. The molecule has 4 heteroatoms. The number of ether oxygens (including phenoxy) is 2. The zero-order valence-electron chi connectivity index (χ0n) is 15.5. The van der Waals surface area contributed by atoms with Crippen molar-refractivity contribution in [3.63, 3.8) is 0 Å². The molecule has 0 saturated heterocycles. The average molecular weight is 336 g/mol. The summed E-state index contributed by atoms with van der Waals surface area (Å²) < 4.78 is 10.7. The molecular weight excluding hydrogens is 304 g/mol. The molecule has 3 aliphatic carbocycles. The van der Waals surface area contributed by atoms with Crippen molar-refractivity contribution in [3.8, 4) is 0 Å². The average Bonchev–Trinajstić information content (AvgIpc) is 2.59. The first kappa shape index (κ1) is 19.0. The second-order valence-electron chi connectivity index (χ2n) is 8.11. The topological polar surface area (TPSA) is 52.6 Å². The van der Waals surface area contributed by atoms with E-state index in [1.807, 2.05) is 6.92 Å². The Balaban J connectivity index is 1.77. The fourth-order valence-electron chi connectivity index (χ4n) is 4.24. The lowest BCUT2D eigenvalue weighted by Gasteiger charge is -2.52. The molecule has 136 valence electrons. The van der Waals surface area contributed by atoms with Crippen molar-refractivity contribution in [2.75, 3.05) is 13.2 Å². The fraction of sp³-hybridized carbons (Fsp3) is 0.800. The molecule has 0 heterocycles. The predicted molar refractivity (Wildman–Crippen MR) is 93.4 cm³/mol. The van der Waals surface area contributed by atoms with Gasteiger partial charge in [0, 0.05) is 11.5 Å². The summed E-state index contributed by atoms with van der Waals surface area (Å²) >= 11 is 0. The Morgan fingerprint density at radius 3 is 2.08 bits per heavy atom. The van der Waals surface area contributed by atoms with E-state index in [1.165, 1.54) is 32.1 Å². The molecule has 4 nitrogen and oxygen atoms in total. The Morgan fingerprint density at radius 1 is 1.04 bits per heavy atom. The maximum atomic E-state index is 12.6. The number of carbonyl (C=O) groups is 2. The SMILES string of the molecule is C=C(C)C(=O)OC[C@H](C)COC(=O)C12CCC(CCC)(CC1)CC2. The second-order valence-corrected chi connectivity index (χ2v) is 8.11. The van der Waals surface area contributed by atoms with E-state index in [1.54, 1.807) is 6.92 Å². The maximum Gasteiger partial charge on any atom is 0.333 e. The first-order valence-corrected chi connectivity index (χ1v) is 9.32. The number of fused-ring (bicyclic) bond motifs is 3. The number of hydrogen-bond donors (Lipinski definition) is 0. The Labute approximate surface area is 146 Å². The van der Waals surface area contributed by atoms with Crippen LogP contribution < -0.4 is 0 Å². The lowest BCUT2D eigenvalue weighted by atomic mass is 9.52. The van der Waals surface area contributed by atoms with Gasteiger partial charge in [-0.2, -0.15) is 0 Å². The summed E-state index contributed by atoms with van der Waals surface area (Å²) in [6.45, 7) is 9.91. The summed E-state index contributed by atoms with van der Waals surface area (Å²) in [6.07, 6.45) is 8.97. The van der Waals surface area contributed by atoms with Gasteiger partial charge >= 0.3 is 11.9 Å². The van der Waals surface area contributed by atoms with Crippen molar-refractivity contribution in [1.82, 2.24) is 0 Å². The quantitative estimate of drug-likeness (QED) is 0.486. The van der Waals surface area contributed by atoms with Gasteiger partial charge in [-0.3, -0.25) is 4.79 Å². The van der Waals surface area contributed by atoms with Crippen LogP contribution in [0.15, 0.2) is 12.2 Å². The minimum absolute atomic E-state index is 0.0000122. The number of rotatable bonds is 8. The highest BCUT2D eigenvalue weighted by Crippen LogP contribution is 2.59. The number of carbonyl (C=O) groups excluding carboxylic acids is 2. The smallest absolute Gasteiger partial charge is 0.333 e. The largest absolute Gasteiger partial charge is 0.465 e. The van der Waals surface area contributed by atoms with Gasteiger partial charge in [-0.25, -0.2) is 4.79 Å². The third kappa shape index (κ3) is 4.20. The van der Waals surface area contributed by atoms with Crippen LogP contribution in [-0.2, 0) is 19.1 Å². The van der Waals surface area contributed by atoms with Gasteiger partial charge in [0.2, 0.25) is 0 Å². The van der Waals surface area contributed by atoms with Gasteiger partial charge in [0.15, 0.2) is 0 Å². The molecular formula is C20H32O4. The molecule has 0 amide bonds. The van der Waals surface area contributed by atoms with Crippen LogP contribution >= 0.6 is 0 Å². The zero-order chi connectivity index (χ0) is 17.8. The summed E-state index contributed by atoms with van der Waals surface area (Å²) in [5.41, 5.74) is 0.641. The molecule has 24 heavy (non-hydrogen) atoms. The minimum Gasteiger partial charge on any atom is -0.465 e. The fourth-order valence-corrected chi connectivity index (χ4v) is 4.24. The summed E-state index contributed by atoms with van der Waals surface area (Å²) in [5.74, 6) is -0.427. The van der Waals surface area contributed by atoms with E-state index in [-0.39, 0.29) is 23.9 Å². The van der Waals surface area contributed by atoms with E-state index in [9.17, 15) is 9.59 Å². The van der Waals surface area contributed by atoms with Crippen molar-refractivity contribution in [2.24, 2.45) is 16.7 Å². The van der Waals surface area contributed by atoms with Gasteiger partial charge < -0.3 is 9.47 Å². The highest BCUT2D eigenvalue weighted by Gasteiger charge is 2.52. The van der Waals surface area contributed by atoms with E-state index in [2.05, 4.69) is 13.5 Å². The first-order valence-electron chi connectivity index (χ1n) is 9.32. The summed E-state index contributed by atoms with van der Waals surface area (Å²) in [6, 6.07) is 0. The Kier molecular flexibility index (Phi) is 6.11. The van der Waals surface area contributed by atoms with Crippen molar-refractivity contribution in [1.29, 1.82) is 0 Å². The van der Waals surface area contributed by atoms with Crippen LogP contribution in [-0.4, -0.2) is 25.2 Å². The monoisotopic (exact) mass is 336 g/mol. The summed E-state index contributed by atoms with van der Waals surface area (Å²) in [5, 5.41) is 0. The highest BCUT2D eigenvalue weighted by molar-refractivity contribution is 5.86. The molecule has 0 N–H and O–H groups in total. The van der Waals surface area contributed by atoms with E-state index in [0.29, 0.717) is 17.6 Å². The van der Waals surface area contributed by atoms with Gasteiger partial charge in [0.05, 0.1) is 18.6 Å². The van der Waals surface area contributed by atoms with E-state index < -0.39 is 5.97 Å². The normalized spacial score (nSPS) is 29.8. The van der Waals surface area contributed by atoms with Crippen LogP contribution in [0.25, 0.3) is 0 Å². The van der Waals surface area contributed by atoms with Crippen molar-refractivity contribution < 1.29 is 19.1 Å². The van der Waals surface area contributed by atoms with Gasteiger partial charge in [0.1, 0.15) is 0 Å². The Morgan fingerprint density at radius 2 is 1.58 bits per heavy atom. The Hall–Kier alpha value is -1.32. The molecule has 3 fully saturated rings. The molecule has 0 spiro atoms. The molecule has 0 aliphatic heterocycles. The third-order valence-corrected chi connectivity index (χ3v) is 5.96. The number of esters is 2. The van der Waals surface area contributed by atoms with Gasteiger partial charge in [-0.15, -0.1) is 0 Å². The lowest BCUT2D eigenvalue weighted by Crippen LogP contribution is -2.46. The van der Waals surface area contributed by atoms with Crippen molar-refractivity contribution in [3.05, 3.63) is 12.2 Å². The number of hydrogen-bond acceptors (Lipinski definition) is 4. The van der Waals surface area contributed by atoms with E-state index in [0.717, 1.165) is 19.3 Å². The third-order valence-electron chi connectivity index (χ3n) is 5.96. The molecule has 0 aromatic heterocycles. The molecule has 0 aromatic carbocycles. The zero-order valence-corrected chi connectivity index (χ0v) is 15.5. The van der Waals surface area contributed by atoms with Crippen LogP contribution in [0.4, 0.5) is 0 Å². The van der Waals surface area contributed by atoms with Crippen molar-refractivity contribution in [2.45, 2.75) is 72.1 Å². The summed E-state index contributed by atoms with van der Waals surface area (Å²) in [7, 11) is 0.